The number of hydrogen-bond acceptors (Lipinski definition) is 4. The molecule has 0 spiro atoms. The molecule has 132 valence electrons. The van der Waals surface area contributed by atoms with Gasteiger partial charge in [0.15, 0.2) is 0 Å². The average molecular weight is 361 g/mol. The van der Waals surface area contributed by atoms with Gasteiger partial charge in [-0.15, -0.1) is 12.4 Å². The second-order valence-corrected chi connectivity index (χ2v) is 5.65. The van der Waals surface area contributed by atoms with Crippen LogP contribution < -0.4 is 10.5 Å². The number of aromatic nitrogens is 1. The number of carbonyl (C=O) groups excluding carboxylic acids is 1. The van der Waals surface area contributed by atoms with Crippen LogP contribution >= 0.6 is 12.4 Å². The number of fused-ring (bicyclic) bond motifs is 1. The fraction of sp³-hybridized carbons (Fsp3) is 0.211. The number of esters is 1. The Labute approximate surface area is 152 Å². The molecular formula is C19H21ClN2O3. The number of hydrogen-bond donors (Lipinski definition) is 2. The van der Waals surface area contributed by atoms with E-state index in [2.05, 4.69) is 15.8 Å². The smallest absolute Gasteiger partial charge is 0.337 e. The highest BCUT2D eigenvalue weighted by Gasteiger charge is 2.10. The van der Waals surface area contributed by atoms with Crippen LogP contribution in [0.4, 0.5) is 0 Å². The number of ether oxygens (including phenoxy) is 2. The number of rotatable bonds is 6. The topological polar surface area (TPSA) is 77.3 Å². The maximum Gasteiger partial charge on any atom is 0.337 e. The Kier molecular flexibility index (Phi) is 6.44. The first kappa shape index (κ1) is 18.8. The number of nitrogens with two attached hydrogens (primary N) is 1. The zero-order valence-corrected chi connectivity index (χ0v) is 14.7. The van der Waals surface area contributed by atoms with E-state index in [9.17, 15) is 4.79 Å². The molecule has 1 heterocycles. The van der Waals surface area contributed by atoms with Crippen LogP contribution in [0.1, 0.15) is 15.9 Å². The zero-order valence-electron chi connectivity index (χ0n) is 13.9. The predicted molar refractivity (Wildman–Crippen MR) is 101 cm³/mol. The molecule has 5 nitrogen and oxygen atoms in total. The Balaban J connectivity index is 0.00000225. The van der Waals surface area contributed by atoms with E-state index in [0.717, 1.165) is 11.9 Å². The van der Waals surface area contributed by atoms with Crippen molar-refractivity contribution in [3.05, 3.63) is 65.9 Å². The van der Waals surface area contributed by atoms with E-state index in [4.69, 9.17) is 10.5 Å². The second kappa shape index (κ2) is 8.55. The standard InChI is InChI=1S/C19H20N2O3.ClH/c1-23-19(22)13-6-8-16(9-7-13)24-12-15(20)10-14-11-21-18-5-3-2-4-17(14)18;/h2-9,11,15,21H,10,12,20H2,1H3;1H/t15-;/m0./s1. The Hall–Kier alpha value is -2.50. The lowest BCUT2D eigenvalue weighted by Gasteiger charge is -2.13. The largest absolute Gasteiger partial charge is 0.492 e. The summed E-state index contributed by atoms with van der Waals surface area (Å²) in [6, 6.07) is 14.9. The summed E-state index contributed by atoms with van der Waals surface area (Å²) in [6.07, 6.45) is 2.72. The molecule has 0 saturated carbocycles. The van der Waals surface area contributed by atoms with Crippen LogP contribution in [0, 0.1) is 0 Å². The van der Waals surface area contributed by atoms with Crippen LogP contribution in [0.5, 0.6) is 5.75 Å². The van der Waals surface area contributed by atoms with Gasteiger partial charge in [0, 0.05) is 23.1 Å². The molecule has 25 heavy (non-hydrogen) atoms. The summed E-state index contributed by atoms with van der Waals surface area (Å²) in [5.41, 5.74) is 8.98. The molecule has 0 aliphatic heterocycles. The molecular weight excluding hydrogens is 340 g/mol. The summed E-state index contributed by atoms with van der Waals surface area (Å²) in [6.45, 7) is 0.400. The van der Waals surface area contributed by atoms with Crippen LogP contribution in [0.25, 0.3) is 10.9 Å². The first-order valence-corrected chi connectivity index (χ1v) is 7.79. The van der Waals surface area contributed by atoms with Gasteiger partial charge in [0.1, 0.15) is 12.4 Å². The van der Waals surface area contributed by atoms with E-state index in [1.54, 1.807) is 24.3 Å². The minimum Gasteiger partial charge on any atom is -0.492 e. The first-order valence-electron chi connectivity index (χ1n) is 7.79. The highest BCUT2D eigenvalue weighted by molar-refractivity contribution is 5.89. The Morgan fingerprint density at radius 2 is 1.88 bits per heavy atom. The maximum atomic E-state index is 11.4. The molecule has 0 saturated heterocycles. The molecule has 0 radical (unpaired) electrons. The van der Waals surface area contributed by atoms with Crippen LogP contribution in [-0.4, -0.2) is 30.7 Å². The Morgan fingerprint density at radius 1 is 1.16 bits per heavy atom. The number of methoxy groups -OCH3 is 1. The average Bonchev–Trinajstić information content (AvgIpc) is 3.03. The predicted octanol–water partition coefficient (Wildman–Crippen LogP) is 3.33. The molecule has 0 fully saturated rings. The molecule has 0 aliphatic rings. The molecule has 0 aliphatic carbocycles. The van der Waals surface area contributed by atoms with Crippen LogP contribution in [0.2, 0.25) is 0 Å². The van der Waals surface area contributed by atoms with Gasteiger partial charge in [0.25, 0.3) is 0 Å². The SMILES string of the molecule is COC(=O)c1ccc(OC[C@@H](N)Cc2c[nH]c3ccccc23)cc1.Cl. The summed E-state index contributed by atoms with van der Waals surface area (Å²) in [7, 11) is 1.36. The normalized spacial score (nSPS) is 11.6. The van der Waals surface area contributed by atoms with Crippen LogP contribution in [0.3, 0.4) is 0 Å². The van der Waals surface area contributed by atoms with Gasteiger partial charge in [-0.05, 0) is 42.3 Å². The molecule has 1 aromatic heterocycles. The van der Waals surface area contributed by atoms with E-state index >= 15 is 0 Å². The lowest BCUT2D eigenvalue weighted by molar-refractivity contribution is 0.0600. The van der Waals surface area contributed by atoms with Crippen molar-refractivity contribution >= 4 is 29.3 Å². The van der Waals surface area contributed by atoms with Crippen molar-refractivity contribution in [3.63, 3.8) is 0 Å². The van der Waals surface area contributed by atoms with Gasteiger partial charge in [0.05, 0.1) is 12.7 Å². The van der Waals surface area contributed by atoms with Crippen molar-refractivity contribution in [3.8, 4) is 5.75 Å². The number of aromatic amines is 1. The molecule has 0 bridgehead atoms. The van der Waals surface area contributed by atoms with E-state index in [1.165, 1.54) is 18.1 Å². The molecule has 3 rings (SSSR count). The summed E-state index contributed by atoms with van der Waals surface area (Å²) < 4.78 is 10.4. The zero-order chi connectivity index (χ0) is 16.9. The van der Waals surface area contributed by atoms with Gasteiger partial charge in [-0.25, -0.2) is 4.79 Å². The summed E-state index contributed by atoms with van der Waals surface area (Å²) in [5, 5.41) is 1.19. The number of nitrogens with one attached hydrogen (secondary N) is 1. The third-order valence-electron chi connectivity index (χ3n) is 3.90. The van der Waals surface area contributed by atoms with E-state index < -0.39 is 0 Å². The van der Waals surface area contributed by atoms with E-state index in [0.29, 0.717) is 17.9 Å². The molecule has 0 unspecified atom stereocenters. The van der Waals surface area contributed by atoms with Gasteiger partial charge in [-0.1, -0.05) is 18.2 Å². The highest BCUT2D eigenvalue weighted by Crippen LogP contribution is 2.19. The third-order valence-corrected chi connectivity index (χ3v) is 3.90. The number of carbonyl (C=O) groups is 1. The maximum absolute atomic E-state index is 11.4. The lowest BCUT2D eigenvalue weighted by atomic mass is 10.1. The number of para-hydroxylation sites is 1. The van der Waals surface area contributed by atoms with Crippen molar-refractivity contribution in [2.45, 2.75) is 12.5 Å². The Morgan fingerprint density at radius 3 is 2.60 bits per heavy atom. The summed E-state index contributed by atoms with van der Waals surface area (Å²) in [4.78, 5) is 14.6. The number of benzene rings is 2. The van der Waals surface area contributed by atoms with E-state index in [1.807, 2.05) is 24.4 Å². The van der Waals surface area contributed by atoms with Gasteiger partial charge >= 0.3 is 5.97 Å². The molecule has 3 N–H and O–H groups in total. The third kappa shape index (κ3) is 4.53. The first-order chi connectivity index (χ1) is 11.7. The van der Waals surface area contributed by atoms with Gasteiger partial charge in [-0.2, -0.15) is 0 Å². The molecule has 2 aromatic carbocycles. The van der Waals surface area contributed by atoms with Gasteiger partial charge in [0.2, 0.25) is 0 Å². The monoisotopic (exact) mass is 360 g/mol. The second-order valence-electron chi connectivity index (χ2n) is 5.65. The Bertz CT molecular complexity index is 830. The molecule has 6 heteroatoms. The fourth-order valence-electron chi connectivity index (χ4n) is 2.65. The lowest BCUT2D eigenvalue weighted by Crippen LogP contribution is -2.30. The van der Waals surface area contributed by atoms with Crippen LogP contribution in [-0.2, 0) is 11.2 Å². The number of H-pyrrole nitrogens is 1. The number of halogens is 1. The molecule has 0 amide bonds. The van der Waals surface area contributed by atoms with Crippen molar-refractivity contribution in [2.24, 2.45) is 5.73 Å². The van der Waals surface area contributed by atoms with Gasteiger partial charge < -0.3 is 20.2 Å². The quantitative estimate of drug-likeness (QED) is 0.661. The molecule has 1 atom stereocenters. The fourth-order valence-corrected chi connectivity index (χ4v) is 2.65. The highest BCUT2D eigenvalue weighted by atomic mass is 35.5. The van der Waals surface area contributed by atoms with Crippen molar-refractivity contribution in [1.82, 2.24) is 4.98 Å². The van der Waals surface area contributed by atoms with Gasteiger partial charge in [-0.3, -0.25) is 0 Å². The summed E-state index contributed by atoms with van der Waals surface area (Å²) in [5.74, 6) is 0.314. The minimum absolute atomic E-state index is 0. The minimum atomic E-state index is -0.363. The van der Waals surface area contributed by atoms with Crippen LogP contribution in [0.15, 0.2) is 54.7 Å². The van der Waals surface area contributed by atoms with E-state index in [-0.39, 0.29) is 24.4 Å². The van der Waals surface area contributed by atoms with Crippen molar-refractivity contribution in [1.29, 1.82) is 0 Å². The molecule has 3 aromatic rings. The van der Waals surface area contributed by atoms with Crippen molar-refractivity contribution < 1.29 is 14.3 Å². The van der Waals surface area contributed by atoms with Crippen molar-refractivity contribution in [2.75, 3.05) is 13.7 Å². The summed E-state index contributed by atoms with van der Waals surface area (Å²) >= 11 is 0.